The highest BCUT2D eigenvalue weighted by Crippen LogP contribution is 2.17. The number of hydrogen-bond donors (Lipinski definition) is 1. The molecule has 0 aromatic carbocycles. The first-order valence-corrected chi connectivity index (χ1v) is 4.65. The Balaban J connectivity index is 0.00000144. The molecular formula is C9H18ClNO2. The topological polar surface area (TPSA) is 38.3 Å². The van der Waals surface area contributed by atoms with Gasteiger partial charge < -0.3 is 10.1 Å². The molecule has 0 aromatic heterocycles. The summed E-state index contributed by atoms with van der Waals surface area (Å²) in [5.74, 6) is 0.0240. The van der Waals surface area contributed by atoms with Crippen molar-refractivity contribution in [1.82, 2.24) is 5.32 Å². The number of ether oxygens (including phenoxy) is 1. The van der Waals surface area contributed by atoms with Crippen LogP contribution in [0.4, 0.5) is 0 Å². The lowest BCUT2D eigenvalue weighted by molar-refractivity contribution is -0.149. The molecule has 1 fully saturated rings. The molecule has 0 amide bonds. The molecule has 2 atom stereocenters. The zero-order chi connectivity index (χ0) is 8.97. The summed E-state index contributed by atoms with van der Waals surface area (Å²) in [5, 5.41) is 3.27. The van der Waals surface area contributed by atoms with Crippen molar-refractivity contribution in [3.63, 3.8) is 0 Å². The zero-order valence-corrected chi connectivity index (χ0v) is 9.02. The fourth-order valence-corrected chi connectivity index (χ4v) is 1.62. The second-order valence-corrected chi connectivity index (χ2v) is 3.24. The second kappa shape index (κ2) is 6.22. The summed E-state index contributed by atoms with van der Waals surface area (Å²) >= 11 is 0. The minimum Gasteiger partial charge on any atom is -0.466 e. The number of carbonyl (C=O) groups excluding carboxylic acids is 1. The number of halogens is 1. The molecule has 3 nitrogen and oxygen atoms in total. The Morgan fingerprint density at radius 1 is 1.62 bits per heavy atom. The molecule has 1 N–H and O–H groups in total. The highest BCUT2D eigenvalue weighted by Gasteiger charge is 2.28. The Hall–Kier alpha value is -0.280. The van der Waals surface area contributed by atoms with Crippen LogP contribution in [0.3, 0.4) is 0 Å². The van der Waals surface area contributed by atoms with Crippen molar-refractivity contribution in [1.29, 1.82) is 0 Å². The Bertz CT molecular complexity index is 164. The number of hydrogen-bond acceptors (Lipinski definition) is 3. The van der Waals surface area contributed by atoms with Crippen LogP contribution in [0.15, 0.2) is 0 Å². The van der Waals surface area contributed by atoms with Crippen LogP contribution < -0.4 is 5.32 Å². The van der Waals surface area contributed by atoms with Crippen LogP contribution in [-0.2, 0) is 9.53 Å². The molecule has 1 rings (SSSR count). The van der Waals surface area contributed by atoms with Crippen LogP contribution >= 0.6 is 12.4 Å². The fraction of sp³-hybridized carbons (Fsp3) is 0.889. The maximum atomic E-state index is 11.3. The van der Waals surface area contributed by atoms with Gasteiger partial charge in [0.25, 0.3) is 0 Å². The first kappa shape index (κ1) is 12.7. The number of nitrogens with one attached hydrogen (secondary N) is 1. The fourth-order valence-electron chi connectivity index (χ4n) is 1.62. The molecule has 0 unspecified atom stereocenters. The maximum Gasteiger partial charge on any atom is 0.310 e. The van der Waals surface area contributed by atoms with Gasteiger partial charge in [-0.2, -0.15) is 0 Å². The quantitative estimate of drug-likeness (QED) is 0.695. The van der Waals surface area contributed by atoms with Crippen LogP contribution in [-0.4, -0.2) is 25.2 Å². The predicted molar refractivity (Wildman–Crippen MR) is 54.1 cm³/mol. The summed E-state index contributed by atoms with van der Waals surface area (Å²) in [6.07, 6.45) is 2.04. The van der Waals surface area contributed by atoms with Crippen LogP contribution in [0.2, 0.25) is 0 Å². The van der Waals surface area contributed by atoms with E-state index in [1.807, 2.05) is 13.8 Å². The molecule has 0 aliphatic carbocycles. The van der Waals surface area contributed by atoms with Crippen molar-refractivity contribution in [3.05, 3.63) is 0 Å². The SMILES string of the molecule is CCOC(=O)[C@@H]1CCCN[C@@H]1C.Cl. The third-order valence-corrected chi connectivity index (χ3v) is 2.35. The molecular weight excluding hydrogens is 190 g/mol. The van der Waals surface area contributed by atoms with Crippen molar-refractivity contribution in [2.45, 2.75) is 32.7 Å². The van der Waals surface area contributed by atoms with Crippen molar-refractivity contribution >= 4 is 18.4 Å². The highest BCUT2D eigenvalue weighted by molar-refractivity contribution is 5.85. The molecule has 4 heteroatoms. The van der Waals surface area contributed by atoms with Gasteiger partial charge in [0.05, 0.1) is 12.5 Å². The predicted octanol–water partition coefficient (Wildman–Crippen LogP) is 1.36. The lowest BCUT2D eigenvalue weighted by Gasteiger charge is -2.27. The van der Waals surface area contributed by atoms with E-state index in [0.717, 1.165) is 19.4 Å². The molecule has 0 radical (unpaired) electrons. The summed E-state index contributed by atoms with van der Waals surface area (Å²) in [4.78, 5) is 11.3. The Morgan fingerprint density at radius 3 is 2.85 bits per heavy atom. The minimum absolute atomic E-state index is 0. The van der Waals surface area contributed by atoms with E-state index in [4.69, 9.17) is 4.74 Å². The van der Waals surface area contributed by atoms with E-state index in [1.54, 1.807) is 0 Å². The third kappa shape index (κ3) is 3.53. The summed E-state index contributed by atoms with van der Waals surface area (Å²) in [5.41, 5.74) is 0. The van der Waals surface area contributed by atoms with Gasteiger partial charge in [-0.3, -0.25) is 4.79 Å². The van der Waals surface area contributed by atoms with Crippen molar-refractivity contribution in [2.24, 2.45) is 5.92 Å². The van der Waals surface area contributed by atoms with Gasteiger partial charge in [0.1, 0.15) is 0 Å². The molecule has 1 saturated heterocycles. The average molecular weight is 208 g/mol. The average Bonchev–Trinajstić information content (AvgIpc) is 2.05. The van der Waals surface area contributed by atoms with E-state index < -0.39 is 0 Å². The second-order valence-electron chi connectivity index (χ2n) is 3.24. The van der Waals surface area contributed by atoms with E-state index in [1.165, 1.54) is 0 Å². The van der Waals surface area contributed by atoms with E-state index in [2.05, 4.69) is 5.32 Å². The molecule has 1 heterocycles. The van der Waals surface area contributed by atoms with Crippen molar-refractivity contribution in [3.8, 4) is 0 Å². The Labute approximate surface area is 85.6 Å². The molecule has 0 aromatic rings. The maximum absolute atomic E-state index is 11.3. The standard InChI is InChI=1S/C9H17NO2.ClH/c1-3-12-9(11)8-5-4-6-10-7(8)2;/h7-8,10H,3-6H2,1-2H3;1H/t7-,8-;/m1./s1. The first-order valence-electron chi connectivity index (χ1n) is 4.65. The number of carbonyl (C=O) groups is 1. The zero-order valence-electron chi connectivity index (χ0n) is 8.21. The summed E-state index contributed by atoms with van der Waals surface area (Å²) in [6, 6.07) is 0.276. The van der Waals surface area contributed by atoms with Crippen LogP contribution in [0.25, 0.3) is 0 Å². The van der Waals surface area contributed by atoms with Gasteiger partial charge in [-0.25, -0.2) is 0 Å². The summed E-state index contributed by atoms with van der Waals surface area (Å²) < 4.78 is 4.97. The van der Waals surface area contributed by atoms with Gasteiger partial charge >= 0.3 is 5.97 Å². The molecule has 1 aliphatic rings. The van der Waals surface area contributed by atoms with E-state index in [-0.39, 0.29) is 30.3 Å². The summed E-state index contributed by atoms with van der Waals surface area (Å²) in [7, 11) is 0. The molecule has 0 saturated carbocycles. The summed E-state index contributed by atoms with van der Waals surface area (Å²) in [6.45, 7) is 5.40. The molecule has 0 bridgehead atoms. The van der Waals surface area contributed by atoms with Crippen LogP contribution in [0.1, 0.15) is 26.7 Å². The Kier molecular flexibility index (Phi) is 6.08. The van der Waals surface area contributed by atoms with E-state index >= 15 is 0 Å². The lowest BCUT2D eigenvalue weighted by Crippen LogP contribution is -2.43. The van der Waals surface area contributed by atoms with Gasteiger partial charge in [-0.05, 0) is 33.2 Å². The van der Waals surface area contributed by atoms with Crippen LogP contribution in [0.5, 0.6) is 0 Å². The monoisotopic (exact) mass is 207 g/mol. The number of rotatable bonds is 2. The van der Waals surface area contributed by atoms with Gasteiger partial charge in [0, 0.05) is 6.04 Å². The molecule has 13 heavy (non-hydrogen) atoms. The largest absolute Gasteiger partial charge is 0.466 e. The van der Waals surface area contributed by atoms with Gasteiger partial charge in [-0.15, -0.1) is 12.4 Å². The van der Waals surface area contributed by atoms with Gasteiger partial charge in [-0.1, -0.05) is 0 Å². The highest BCUT2D eigenvalue weighted by atomic mass is 35.5. The molecule has 1 aliphatic heterocycles. The minimum atomic E-state index is -0.0443. The van der Waals surface area contributed by atoms with Gasteiger partial charge in [0.2, 0.25) is 0 Å². The van der Waals surface area contributed by atoms with E-state index in [9.17, 15) is 4.79 Å². The normalized spacial score (nSPS) is 27.5. The Morgan fingerprint density at radius 2 is 2.31 bits per heavy atom. The molecule has 0 spiro atoms. The number of piperidine rings is 1. The number of esters is 1. The van der Waals surface area contributed by atoms with E-state index in [0.29, 0.717) is 6.61 Å². The molecule has 78 valence electrons. The third-order valence-electron chi connectivity index (χ3n) is 2.35. The smallest absolute Gasteiger partial charge is 0.310 e. The lowest BCUT2D eigenvalue weighted by atomic mass is 9.92. The van der Waals surface area contributed by atoms with Crippen molar-refractivity contribution in [2.75, 3.05) is 13.2 Å². The van der Waals surface area contributed by atoms with Crippen molar-refractivity contribution < 1.29 is 9.53 Å². The van der Waals surface area contributed by atoms with Crippen LogP contribution in [0, 0.1) is 5.92 Å². The van der Waals surface area contributed by atoms with Gasteiger partial charge in [0.15, 0.2) is 0 Å². The first-order chi connectivity index (χ1) is 5.75.